The molecule has 2 nitrogen and oxygen atoms in total. The van der Waals surface area contributed by atoms with Crippen molar-refractivity contribution < 1.29 is 9.18 Å². The lowest BCUT2D eigenvalue weighted by Crippen LogP contribution is -2.55. The molecule has 1 N–H and O–H groups in total. The first kappa shape index (κ1) is 15.6. The minimum absolute atomic E-state index is 0.151. The fraction of sp³-hybridized carbons (Fsp3) is 0.632. The van der Waals surface area contributed by atoms with Crippen LogP contribution in [-0.4, -0.2) is 11.9 Å². The zero-order chi connectivity index (χ0) is 16.2. The Kier molecular flexibility index (Phi) is 3.79. The lowest BCUT2D eigenvalue weighted by Gasteiger charge is -2.59. The number of carbonyl (C=O) groups excluding carboxylic acids is 1. The summed E-state index contributed by atoms with van der Waals surface area (Å²) >= 11 is 3.36. The van der Waals surface area contributed by atoms with Gasteiger partial charge in [0.15, 0.2) is 0 Å². The van der Waals surface area contributed by atoms with E-state index < -0.39 is 0 Å². The van der Waals surface area contributed by atoms with E-state index in [1.807, 2.05) is 0 Å². The Balaban J connectivity index is 1.52. The number of halogens is 2. The van der Waals surface area contributed by atoms with E-state index in [1.54, 1.807) is 6.07 Å². The summed E-state index contributed by atoms with van der Waals surface area (Å²) in [5.41, 5.74) is 0.658. The van der Waals surface area contributed by atoms with Crippen LogP contribution in [0, 0.1) is 29.0 Å². The van der Waals surface area contributed by atoms with Crippen LogP contribution in [-0.2, 0) is 0 Å². The van der Waals surface area contributed by atoms with Gasteiger partial charge >= 0.3 is 0 Å². The number of carbonyl (C=O) groups is 1. The van der Waals surface area contributed by atoms with Crippen LogP contribution in [0.4, 0.5) is 4.39 Å². The van der Waals surface area contributed by atoms with Crippen LogP contribution in [0.2, 0.25) is 0 Å². The van der Waals surface area contributed by atoms with Gasteiger partial charge in [0.25, 0.3) is 5.91 Å². The van der Waals surface area contributed by atoms with Crippen LogP contribution < -0.4 is 5.32 Å². The van der Waals surface area contributed by atoms with E-state index in [4.69, 9.17) is 0 Å². The molecule has 0 saturated heterocycles. The van der Waals surface area contributed by atoms with Crippen LogP contribution >= 0.6 is 15.9 Å². The molecule has 1 aromatic rings. The summed E-state index contributed by atoms with van der Waals surface area (Å²) in [5, 5.41) is 3.19. The average molecular weight is 380 g/mol. The number of rotatable bonds is 3. The van der Waals surface area contributed by atoms with Gasteiger partial charge in [0.1, 0.15) is 5.82 Å². The van der Waals surface area contributed by atoms with E-state index in [2.05, 4.69) is 28.2 Å². The molecule has 5 rings (SSSR count). The molecule has 0 aromatic heterocycles. The molecule has 0 heterocycles. The Bertz CT molecular complexity index is 609. The molecular formula is C19H23BrFNO. The van der Waals surface area contributed by atoms with Crippen molar-refractivity contribution in [3.05, 3.63) is 34.1 Å². The highest BCUT2D eigenvalue weighted by Gasteiger charge is 2.53. The highest BCUT2D eigenvalue weighted by Crippen LogP contribution is 2.61. The molecule has 4 bridgehead atoms. The molecule has 0 radical (unpaired) electrons. The number of nitrogens with one attached hydrogen (secondary N) is 1. The van der Waals surface area contributed by atoms with Gasteiger partial charge in [0.05, 0.1) is 5.56 Å². The van der Waals surface area contributed by atoms with E-state index in [0.717, 1.165) is 17.8 Å². The first-order chi connectivity index (χ1) is 10.9. The molecule has 4 aliphatic rings. The largest absolute Gasteiger partial charge is 0.349 e. The second-order valence-electron chi connectivity index (χ2n) is 8.10. The van der Waals surface area contributed by atoms with Crippen LogP contribution in [0.5, 0.6) is 0 Å². The van der Waals surface area contributed by atoms with Gasteiger partial charge in [-0.2, -0.15) is 0 Å². The summed E-state index contributed by atoms with van der Waals surface area (Å²) in [4.78, 5) is 12.6. The average Bonchev–Trinajstić information content (AvgIpc) is 2.48. The highest BCUT2D eigenvalue weighted by atomic mass is 79.9. The maximum absolute atomic E-state index is 13.5. The van der Waals surface area contributed by atoms with Crippen LogP contribution in [0.1, 0.15) is 55.8 Å². The van der Waals surface area contributed by atoms with Crippen molar-refractivity contribution in [1.29, 1.82) is 0 Å². The smallest absolute Gasteiger partial charge is 0.252 e. The normalized spacial score (nSPS) is 36.0. The Morgan fingerprint density at radius 1 is 1.22 bits per heavy atom. The van der Waals surface area contributed by atoms with Crippen LogP contribution in [0.25, 0.3) is 0 Å². The van der Waals surface area contributed by atoms with Crippen molar-refractivity contribution in [2.24, 2.45) is 23.2 Å². The molecule has 1 atom stereocenters. The van der Waals surface area contributed by atoms with Crippen molar-refractivity contribution in [2.75, 3.05) is 0 Å². The minimum atomic E-state index is -0.374. The van der Waals surface area contributed by atoms with Gasteiger partial charge in [-0.15, -0.1) is 0 Å². The van der Waals surface area contributed by atoms with Gasteiger partial charge in [0.2, 0.25) is 0 Å². The molecule has 4 saturated carbocycles. The fourth-order valence-electron chi connectivity index (χ4n) is 5.81. The molecule has 0 aliphatic heterocycles. The maximum Gasteiger partial charge on any atom is 0.252 e. The second kappa shape index (κ2) is 5.58. The molecule has 4 aliphatic carbocycles. The number of hydrogen-bond donors (Lipinski definition) is 1. The molecular weight excluding hydrogens is 357 g/mol. The molecule has 0 spiro atoms. The van der Waals surface area contributed by atoms with Gasteiger partial charge in [-0.05, 0) is 103 Å². The maximum atomic E-state index is 13.5. The zero-order valence-corrected chi connectivity index (χ0v) is 15.0. The van der Waals surface area contributed by atoms with Gasteiger partial charge < -0.3 is 5.32 Å². The van der Waals surface area contributed by atoms with Crippen molar-refractivity contribution in [3.63, 3.8) is 0 Å². The van der Waals surface area contributed by atoms with E-state index in [1.165, 1.54) is 50.7 Å². The fourth-order valence-corrected chi connectivity index (χ4v) is 6.23. The van der Waals surface area contributed by atoms with Crippen molar-refractivity contribution in [3.8, 4) is 0 Å². The molecule has 1 amide bonds. The first-order valence-corrected chi connectivity index (χ1v) is 9.50. The summed E-state index contributed by atoms with van der Waals surface area (Å²) in [6.07, 6.45) is 7.96. The summed E-state index contributed by atoms with van der Waals surface area (Å²) in [6, 6.07) is 4.42. The van der Waals surface area contributed by atoms with Gasteiger partial charge in [0, 0.05) is 10.5 Å². The lowest BCUT2D eigenvalue weighted by molar-refractivity contribution is -0.0688. The van der Waals surface area contributed by atoms with Gasteiger partial charge in [-0.25, -0.2) is 4.39 Å². The zero-order valence-electron chi connectivity index (χ0n) is 13.4. The molecule has 1 aromatic carbocycles. The third-order valence-corrected chi connectivity index (χ3v) is 7.22. The molecule has 4 heteroatoms. The monoisotopic (exact) mass is 379 g/mol. The van der Waals surface area contributed by atoms with Gasteiger partial charge in [-0.1, -0.05) is 0 Å². The standard InChI is InChI=1S/C19H23BrFNO/c1-11(22-18(23)16-7-15(21)2-3-17(16)20)19-8-12-4-13(9-19)6-14(5-12)10-19/h2-3,7,11-14H,4-6,8-10H2,1H3,(H,22,23)/t11-,12?,13?,14?,19?/m0/s1. The quantitative estimate of drug-likeness (QED) is 0.792. The van der Waals surface area contributed by atoms with Crippen LogP contribution in [0.15, 0.2) is 22.7 Å². The summed E-state index contributed by atoms with van der Waals surface area (Å²) in [5.74, 6) is 2.05. The number of benzene rings is 1. The highest BCUT2D eigenvalue weighted by molar-refractivity contribution is 9.10. The third kappa shape index (κ3) is 2.73. The molecule has 124 valence electrons. The Hall–Kier alpha value is -0.900. The Morgan fingerprint density at radius 3 is 2.35 bits per heavy atom. The summed E-state index contributed by atoms with van der Waals surface area (Å²) in [6.45, 7) is 2.15. The van der Waals surface area contributed by atoms with E-state index in [9.17, 15) is 9.18 Å². The topological polar surface area (TPSA) is 29.1 Å². The van der Waals surface area contributed by atoms with Gasteiger partial charge in [-0.3, -0.25) is 4.79 Å². The SMILES string of the molecule is C[C@H](NC(=O)c1cc(F)ccc1Br)C12CC3CC(CC(C3)C1)C2. The molecule has 4 fully saturated rings. The van der Waals surface area contributed by atoms with Crippen LogP contribution in [0.3, 0.4) is 0 Å². The number of hydrogen-bond acceptors (Lipinski definition) is 1. The minimum Gasteiger partial charge on any atom is -0.349 e. The van der Waals surface area contributed by atoms with Crippen molar-refractivity contribution in [1.82, 2.24) is 5.32 Å². The van der Waals surface area contributed by atoms with E-state index >= 15 is 0 Å². The van der Waals surface area contributed by atoms with E-state index in [0.29, 0.717) is 10.0 Å². The van der Waals surface area contributed by atoms with Crippen molar-refractivity contribution in [2.45, 2.75) is 51.5 Å². The second-order valence-corrected chi connectivity index (χ2v) is 8.95. The van der Waals surface area contributed by atoms with E-state index in [-0.39, 0.29) is 23.2 Å². The molecule has 23 heavy (non-hydrogen) atoms. The predicted molar refractivity (Wildman–Crippen MR) is 91.6 cm³/mol. The first-order valence-electron chi connectivity index (χ1n) is 8.71. The predicted octanol–water partition coefficient (Wildman–Crippen LogP) is 4.92. The summed E-state index contributed by atoms with van der Waals surface area (Å²) in [7, 11) is 0. The third-order valence-electron chi connectivity index (χ3n) is 6.52. The summed E-state index contributed by atoms with van der Waals surface area (Å²) < 4.78 is 14.1. The Labute approximate surface area is 145 Å². The van der Waals surface area contributed by atoms with Crippen molar-refractivity contribution >= 4 is 21.8 Å². The number of amides is 1. The molecule has 0 unspecified atom stereocenters. The Morgan fingerprint density at radius 2 is 1.78 bits per heavy atom. The lowest BCUT2D eigenvalue weighted by atomic mass is 9.48.